The third-order valence-corrected chi connectivity index (χ3v) is 4.55. The van der Waals surface area contributed by atoms with E-state index in [1.165, 1.54) is 22.4 Å². The molecular formula is C23H20N2O4. The Morgan fingerprint density at radius 3 is 2.52 bits per heavy atom. The van der Waals surface area contributed by atoms with E-state index in [0.717, 1.165) is 16.5 Å². The number of H-pyrrole nitrogens is 1. The molecule has 0 fully saturated rings. The first kappa shape index (κ1) is 18.6. The van der Waals surface area contributed by atoms with Crippen molar-refractivity contribution in [3.8, 4) is 17.2 Å². The van der Waals surface area contributed by atoms with Gasteiger partial charge in [-0.25, -0.2) is 4.79 Å². The lowest BCUT2D eigenvalue weighted by molar-refractivity contribution is 0.283. The zero-order valence-corrected chi connectivity index (χ0v) is 15.9. The van der Waals surface area contributed by atoms with Gasteiger partial charge in [0, 0.05) is 17.6 Å². The molecule has 0 aliphatic carbocycles. The van der Waals surface area contributed by atoms with Crippen molar-refractivity contribution in [2.24, 2.45) is 0 Å². The number of hydrogen-bond acceptors (Lipinski definition) is 4. The zero-order valence-electron chi connectivity index (χ0n) is 15.9. The minimum absolute atomic E-state index is 0.251. The van der Waals surface area contributed by atoms with Crippen LogP contribution in [0.3, 0.4) is 0 Å². The molecule has 0 radical (unpaired) electrons. The molecular weight excluding hydrogens is 368 g/mol. The molecule has 4 rings (SSSR count). The predicted octanol–water partition coefficient (Wildman–Crippen LogP) is 3.87. The van der Waals surface area contributed by atoms with Crippen molar-refractivity contribution in [2.75, 3.05) is 6.61 Å². The maximum Gasteiger partial charge on any atom is 0.328 e. The molecule has 1 N–H and O–H groups in total. The first-order valence-corrected chi connectivity index (χ1v) is 9.29. The summed E-state index contributed by atoms with van der Waals surface area (Å²) >= 11 is 0. The summed E-state index contributed by atoms with van der Waals surface area (Å²) in [6.07, 6.45) is 1.45. The second kappa shape index (κ2) is 8.06. The SMILES string of the molecule is Cc1ccc2c(Oc3ccccc3OCCn3ccc(=O)[nH]c3=O)cccc2c1. The number of hydrogen-bond donors (Lipinski definition) is 1. The van der Waals surface area contributed by atoms with Crippen molar-refractivity contribution in [1.29, 1.82) is 0 Å². The van der Waals surface area contributed by atoms with E-state index in [0.29, 0.717) is 18.0 Å². The highest BCUT2D eigenvalue weighted by atomic mass is 16.5. The summed E-state index contributed by atoms with van der Waals surface area (Å²) in [4.78, 5) is 25.1. The number of rotatable bonds is 6. The fraction of sp³-hybridized carbons (Fsp3) is 0.130. The minimum atomic E-state index is -0.461. The molecule has 0 bridgehead atoms. The van der Waals surface area contributed by atoms with E-state index in [2.05, 4.69) is 30.1 Å². The van der Waals surface area contributed by atoms with E-state index in [1.54, 1.807) is 0 Å². The second-order valence-electron chi connectivity index (χ2n) is 6.68. The van der Waals surface area contributed by atoms with Gasteiger partial charge in [0.2, 0.25) is 0 Å². The van der Waals surface area contributed by atoms with Gasteiger partial charge in [-0.05, 0) is 30.5 Å². The Labute approximate surface area is 167 Å². The van der Waals surface area contributed by atoms with Crippen molar-refractivity contribution in [3.63, 3.8) is 0 Å². The Bertz CT molecular complexity index is 1270. The van der Waals surface area contributed by atoms with Crippen LogP contribution < -0.4 is 20.7 Å². The molecule has 6 nitrogen and oxygen atoms in total. The summed E-state index contributed by atoms with van der Waals surface area (Å²) in [5.74, 6) is 1.92. The molecule has 0 aliphatic rings. The van der Waals surface area contributed by atoms with E-state index >= 15 is 0 Å². The van der Waals surface area contributed by atoms with Crippen LogP contribution in [0, 0.1) is 6.92 Å². The van der Waals surface area contributed by atoms with Crippen LogP contribution in [0.2, 0.25) is 0 Å². The van der Waals surface area contributed by atoms with Crippen LogP contribution in [0.15, 0.2) is 82.5 Å². The fourth-order valence-electron chi connectivity index (χ4n) is 3.11. The van der Waals surface area contributed by atoms with Crippen LogP contribution in [-0.2, 0) is 6.54 Å². The standard InChI is InChI=1S/C23H20N2O4/c1-16-9-10-18-17(15-16)5-4-8-19(18)29-21-7-3-2-6-20(21)28-14-13-25-12-11-22(26)24-23(25)27/h2-12,15H,13-14H2,1H3,(H,24,26,27). The molecule has 0 spiro atoms. The predicted molar refractivity (Wildman–Crippen MR) is 112 cm³/mol. The van der Waals surface area contributed by atoms with E-state index in [9.17, 15) is 9.59 Å². The first-order valence-electron chi connectivity index (χ1n) is 9.29. The largest absolute Gasteiger partial charge is 0.488 e. The number of fused-ring (bicyclic) bond motifs is 1. The van der Waals surface area contributed by atoms with Gasteiger partial charge in [-0.3, -0.25) is 14.3 Å². The average Bonchev–Trinajstić information content (AvgIpc) is 2.71. The van der Waals surface area contributed by atoms with Gasteiger partial charge in [-0.1, -0.05) is 48.0 Å². The number of aromatic amines is 1. The van der Waals surface area contributed by atoms with Gasteiger partial charge in [-0.15, -0.1) is 0 Å². The van der Waals surface area contributed by atoms with Crippen LogP contribution in [0.1, 0.15) is 5.56 Å². The molecule has 6 heteroatoms. The van der Waals surface area contributed by atoms with Gasteiger partial charge >= 0.3 is 5.69 Å². The van der Waals surface area contributed by atoms with Gasteiger partial charge in [-0.2, -0.15) is 0 Å². The van der Waals surface area contributed by atoms with Crippen molar-refractivity contribution in [1.82, 2.24) is 9.55 Å². The van der Waals surface area contributed by atoms with E-state index in [-0.39, 0.29) is 6.61 Å². The lowest BCUT2D eigenvalue weighted by Crippen LogP contribution is -2.30. The van der Waals surface area contributed by atoms with Gasteiger partial charge < -0.3 is 9.47 Å². The minimum Gasteiger partial charge on any atom is -0.488 e. The molecule has 0 atom stereocenters. The Morgan fingerprint density at radius 1 is 0.897 bits per heavy atom. The van der Waals surface area contributed by atoms with Crippen molar-refractivity contribution in [3.05, 3.63) is 99.3 Å². The van der Waals surface area contributed by atoms with Crippen LogP contribution in [0.5, 0.6) is 17.2 Å². The smallest absolute Gasteiger partial charge is 0.328 e. The molecule has 4 aromatic rings. The number of benzene rings is 3. The zero-order chi connectivity index (χ0) is 20.2. The third kappa shape index (κ3) is 4.21. The number of aromatic nitrogens is 2. The molecule has 0 amide bonds. The lowest BCUT2D eigenvalue weighted by Gasteiger charge is -2.14. The summed E-state index contributed by atoms with van der Waals surface area (Å²) in [6, 6.07) is 20.9. The molecule has 0 unspecified atom stereocenters. The van der Waals surface area contributed by atoms with Gasteiger partial charge in [0.05, 0.1) is 6.54 Å². The average molecular weight is 388 g/mol. The topological polar surface area (TPSA) is 73.3 Å². The summed E-state index contributed by atoms with van der Waals surface area (Å²) in [5, 5.41) is 2.13. The van der Waals surface area contributed by atoms with Crippen LogP contribution in [0.4, 0.5) is 0 Å². The highest BCUT2D eigenvalue weighted by Gasteiger charge is 2.09. The van der Waals surface area contributed by atoms with Crippen molar-refractivity contribution in [2.45, 2.75) is 13.5 Å². The molecule has 0 saturated carbocycles. The van der Waals surface area contributed by atoms with Gasteiger partial charge in [0.1, 0.15) is 12.4 Å². The quantitative estimate of drug-likeness (QED) is 0.544. The summed E-state index contributed by atoms with van der Waals surface area (Å²) in [7, 11) is 0. The number of nitrogens with one attached hydrogen (secondary N) is 1. The molecule has 146 valence electrons. The normalized spacial score (nSPS) is 10.8. The number of aryl methyl sites for hydroxylation is 1. The molecule has 3 aromatic carbocycles. The summed E-state index contributed by atoms with van der Waals surface area (Å²) in [5.41, 5.74) is 0.309. The summed E-state index contributed by atoms with van der Waals surface area (Å²) < 4.78 is 13.4. The second-order valence-corrected chi connectivity index (χ2v) is 6.68. The van der Waals surface area contributed by atoms with Crippen molar-refractivity contribution < 1.29 is 9.47 Å². The number of nitrogens with zero attached hydrogens (tertiary/aromatic N) is 1. The van der Waals surface area contributed by atoms with E-state index in [4.69, 9.17) is 9.47 Å². The Balaban J connectivity index is 1.53. The monoisotopic (exact) mass is 388 g/mol. The highest BCUT2D eigenvalue weighted by Crippen LogP contribution is 2.35. The maximum atomic E-state index is 11.8. The van der Waals surface area contributed by atoms with E-state index < -0.39 is 11.2 Å². The van der Waals surface area contributed by atoms with Crippen molar-refractivity contribution >= 4 is 10.8 Å². The van der Waals surface area contributed by atoms with E-state index in [1.807, 2.05) is 42.5 Å². The Morgan fingerprint density at radius 2 is 1.69 bits per heavy atom. The number of para-hydroxylation sites is 2. The van der Waals surface area contributed by atoms with Gasteiger partial charge in [0.25, 0.3) is 5.56 Å². The Hall–Kier alpha value is -3.80. The maximum absolute atomic E-state index is 11.8. The fourth-order valence-corrected chi connectivity index (χ4v) is 3.11. The molecule has 29 heavy (non-hydrogen) atoms. The molecule has 0 saturated heterocycles. The molecule has 0 aliphatic heterocycles. The first-order chi connectivity index (χ1) is 14.1. The Kier molecular flexibility index (Phi) is 5.16. The van der Waals surface area contributed by atoms with Crippen LogP contribution in [-0.4, -0.2) is 16.2 Å². The molecule has 1 aromatic heterocycles. The highest BCUT2D eigenvalue weighted by molar-refractivity contribution is 5.89. The number of ether oxygens (including phenoxy) is 2. The lowest BCUT2D eigenvalue weighted by atomic mass is 10.1. The van der Waals surface area contributed by atoms with Gasteiger partial charge in [0.15, 0.2) is 11.5 Å². The van der Waals surface area contributed by atoms with Crippen LogP contribution in [0.25, 0.3) is 10.8 Å². The van der Waals surface area contributed by atoms with Crippen LogP contribution >= 0.6 is 0 Å². The molecule has 1 heterocycles. The third-order valence-electron chi connectivity index (χ3n) is 4.55. The summed E-state index contributed by atoms with van der Waals surface area (Å²) in [6.45, 7) is 2.61.